The maximum atomic E-state index is 5.08. The molecule has 0 aliphatic rings. The first-order chi connectivity index (χ1) is 17.3. The van der Waals surface area contributed by atoms with Gasteiger partial charge in [-0.05, 0) is 52.6 Å². The van der Waals surface area contributed by atoms with Gasteiger partial charge >= 0.3 is 33.2 Å². The Morgan fingerprint density at radius 1 is 0.486 bits per heavy atom. The first kappa shape index (κ1) is 23.5. The third-order valence-electron chi connectivity index (χ3n) is 5.88. The summed E-state index contributed by atoms with van der Waals surface area (Å²) in [4.78, 5) is 9.69. The van der Waals surface area contributed by atoms with E-state index in [-0.39, 0.29) is 0 Å². The van der Waals surface area contributed by atoms with Crippen molar-refractivity contribution in [1.29, 1.82) is 0 Å². The Morgan fingerprint density at radius 2 is 1.00 bits per heavy atom. The molecule has 2 heterocycles. The van der Waals surface area contributed by atoms with Crippen LogP contribution >= 0.6 is 20.3 Å². The summed E-state index contributed by atoms with van der Waals surface area (Å²) in [5.41, 5.74) is 8.67. The third-order valence-corrected chi connectivity index (χ3v) is 5.88. The average molecular weight is 538 g/mol. The predicted octanol–water partition coefficient (Wildman–Crippen LogP) is 9.16. The Hall–Kier alpha value is -3.21. The van der Waals surface area contributed by atoms with Gasteiger partial charge in [-0.25, -0.2) is 4.98 Å². The summed E-state index contributed by atoms with van der Waals surface area (Å²) in [5.74, 6) is 0. The standard InChI is InChI=1S/C30H20N2.2ClH.Co/c1-3-8-21(9-4-1)25-18-26(22-10-5-2-6-11-22)20-27(19-25)28-16-15-24-14-13-23-12-7-17-31-29(23)30(24)32-28;;;/h1-20H;2*1H;/q;;;+2/p-2. The molecule has 0 fully saturated rings. The number of aromatic nitrogens is 2. The molecule has 2 aromatic heterocycles. The molecular weight excluding hydrogens is 518 g/mol. The van der Waals surface area contributed by atoms with Crippen molar-refractivity contribution in [2.75, 3.05) is 0 Å². The van der Waals surface area contributed by atoms with Gasteiger partial charge in [0.25, 0.3) is 0 Å². The van der Waals surface area contributed by atoms with E-state index in [0.717, 1.165) is 33.1 Å². The molecule has 6 rings (SSSR count). The van der Waals surface area contributed by atoms with Crippen LogP contribution in [0.5, 0.6) is 0 Å². The van der Waals surface area contributed by atoms with E-state index in [4.69, 9.17) is 25.3 Å². The molecule has 0 atom stereocenters. The smallest absolute Gasteiger partial charge is 0.0972 e. The van der Waals surface area contributed by atoms with Gasteiger partial charge in [0.2, 0.25) is 0 Å². The fourth-order valence-electron chi connectivity index (χ4n) is 4.25. The number of hydrogen-bond acceptors (Lipinski definition) is 2. The van der Waals surface area contributed by atoms with Gasteiger partial charge in [-0.15, -0.1) is 0 Å². The minimum absolute atomic E-state index is 0.382. The molecule has 0 spiro atoms. The molecule has 0 aliphatic carbocycles. The van der Waals surface area contributed by atoms with E-state index in [2.05, 4.69) is 114 Å². The van der Waals surface area contributed by atoms with Crippen LogP contribution in [0.3, 0.4) is 0 Å². The molecule has 0 amide bonds. The summed E-state index contributed by atoms with van der Waals surface area (Å²) < 4.78 is 0. The van der Waals surface area contributed by atoms with Crippen LogP contribution in [0.2, 0.25) is 0 Å². The van der Waals surface area contributed by atoms with Crippen LogP contribution in [-0.2, 0) is 12.9 Å². The quantitative estimate of drug-likeness (QED) is 0.210. The molecule has 0 saturated heterocycles. The molecule has 0 radical (unpaired) electrons. The zero-order valence-electron chi connectivity index (χ0n) is 18.5. The van der Waals surface area contributed by atoms with Crippen molar-refractivity contribution in [3.63, 3.8) is 0 Å². The van der Waals surface area contributed by atoms with Gasteiger partial charge in [0.15, 0.2) is 0 Å². The van der Waals surface area contributed by atoms with Gasteiger partial charge in [-0.1, -0.05) is 84.9 Å². The molecule has 0 unspecified atom stereocenters. The Kier molecular flexibility index (Phi) is 7.41. The number of nitrogens with zero attached hydrogens (tertiary/aromatic N) is 2. The first-order valence-electron chi connectivity index (χ1n) is 11.0. The summed E-state index contributed by atoms with van der Waals surface area (Å²) in [7, 11) is 9.47. The predicted molar refractivity (Wildman–Crippen MR) is 145 cm³/mol. The van der Waals surface area contributed by atoms with Crippen molar-refractivity contribution in [3.8, 4) is 33.5 Å². The fourth-order valence-corrected chi connectivity index (χ4v) is 4.25. The van der Waals surface area contributed by atoms with Crippen LogP contribution < -0.4 is 0 Å². The maximum Gasteiger partial charge on any atom is 0.0972 e. The van der Waals surface area contributed by atoms with Crippen LogP contribution in [0.25, 0.3) is 55.3 Å². The monoisotopic (exact) mass is 537 g/mol. The molecule has 2 nitrogen and oxygen atoms in total. The third kappa shape index (κ3) is 5.24. The molecule has 0 bridgehead atoms. The molecule has 0 aliphatic heterocycles. The summed E-state index contributed by atoms with van der Waals surface area (Å²) in [5, 5.41) is 2.20. The van der Waals surface area contributed by atoms with Crippen LogP contribution in [0, 0.1) is 0 Å². The molecule has 173 valence electrons. The average Bonchev–Trinajstić information content (AvgIpc) is 2.94. The number of benzene rings is 4. The minimum Gasteiger partial charge on any atom is -0.254 e. The molecule has 4 aromatic carbocycles. The Labute approximate surface area is 219 Å². The molecule has 0 N–H and O–H groups in total. The van der Waals surface area contributed by atoms with Crippen molar-refractivity contribution < 1.29 is 12.9 Å². The van der Waals surface area contributed by atoms with Gasteiger partial charge in [0.05, 0.1) is 16.7 Å². The van der Waals surface area contributed by atoms with E-state index >= 15 is 0 Å². The summed E-state index contributed by atoms with van der Waals surface area (Å²) in [6.07, 6.45) is 1.83. The molecule has 5 heteroatoms. The van der Waals surface area contributed by atoms with Crippen molar-refractivity contribution in [2.24, 2.45) is 0 Å². The summed E-state index contributed by atoms with van der Waals surface area (Å²) in [6, 6.07) is 40.3. The normalized spacial score (nSPS) is 10.8. The SMILES string of the molecule is [Cl][Co][Cl].c1ccc(-c2cc(-c3ccccc3)cc(-c3ccc4ccc5cccnc5c4n3)c2)cc1. The van der Waals surface area contributed by atoms with E-state index in [1.54, 1.807) is 0 Å². The van der Waals surface area contributed by atoms with E-state index in [9.17, 15) is 0 Å². The summed E-state index contributed by atoms with van der Waals surface area (Å²) in [6.45, 7) is 0. The Balaban J connectivity index is 0.000000806. The van der Waals surface area contributed by atoms with E-state index in [1.807, 2.05) is 12.3 Å². The van der Waals surface area contributed by atoms with E-state index in [0.29, 0.717) is 12.9 Å². The Morgan fingerprint density at radius 3 is 1.60 bits per heavy atom. The first-order valence-corrected chi connectivity index (χ1v) is 13.9. The number of fused-ring (bicyclic) bond motifs is 3. The fraction of sp³-hybridized carbons (Fsp3) is 0. The maximum absolute atomic E-state index is 5.08. The van der Waals surface area contributed by atoms with Crippen LogP contribution in [0.15, 0.2) is 121 Å². The molecule has 0 saturated carbocycles. The number of rotatable bonds is 3. The van der Waals surface area contributed by atoms with Crippen molar-refractivity contribution in [1.82, 2.24) is 9.97 Å². The second-order valence-electron chi connectivity index (χ2n) is 7.99. The van der Waals surface area contributed by atoms with E-state index < -0.39 is 0 Å². The van der Waals surface area contributed by atoms with Crippen LogP contribution in [-0.4, -0.2) is 9.97 Å². The minimum atomic E-state index is 0.382. The number of hydrogen-bond donors (Lipinski definition) is 0. The number of pyridine rings is 2. The van der Waals surface area contributed by atoms with Crippen LogP contribution in [0.4, 0.5) is 0 Å². The topological polar surface area (TPSA) is 25.8 Å². The zero-order chi connectivity index (χ0) is 24.0. The van der Waals surface area contributed by atoms with Crippen molar-refractivity contribution in [3.05, 3.63) is 121 Å². The number of halogens is 2. The van der Waals surface area contributed by atoms with Crippen molar-refractivity contribution in [2.45, 2.75) is 0 Å². The van der Waals surface area contributed by atoms with Gasteiger partial charge in [-0.3, -0.25) is 4.98 Å². The molecule has 35 heavy (non-hydrogen) atoms. The van der Waals surface area contributed by atoms with Gasteiger partial charge < -0.3 is 0 Å². The molecule has 6 aromatic rings. The Bertz CT molecular complexity index is 1530. The van der Waals surface area contributed by atoms with Crippen molar-refractivity contribution >= 4 is 42.1 Å². The zero-order valence-corrected chi connectivity index (χ0v) is 21.1. The second kappa shape index (κ2) is 11.0. The van der Waals surface area contributed by atoms with Crippen LogP contribution in [0.1, 0.15) is 0 Å². The van der Waals surface area contributed by atoms with Gasteiger partial charge in [-0.2, -0.15) is 0 Å². The largest absolute Gasteiger partial charge is 0.254 e. The van der Waals surface area contributed by atoms with Gasteiger partial charge in [0, 0.05) is 22.5 Å². The second-order valence-corrected chi connectivity index (χ2v) is 9.71. The molecular formula is C30H20Cl2CoN2. The van der Waals surface area contributed by atoms with Gasteiger partial charge in [0.1, 0.15) is 0 Å². The van der Waals surface area contributed by atoms with E-state index in [1.165, 1.54) is 22.3 Å². The summed E-state index contributed by atoms with van der Waals surface area (Å²) >= 11 is 0.382.